The first-order valence-electron chi connectivity index (χ1n) is 9.69. The van der Waals surface area contributed by atoms with E-state index in [0.29, 0.717) is 0 Å². The van der Waals surface area contributed by atoms with Crippen molar-refractivity contribution >= 4 is 11.3 Å². The number of nitrogens with zero attached hydrogens (tertiary/aromatic N) is 2. The number of aromatic nitrogens is 2. The number of hydrogen-bond acceptors (Lipinski definition) is 2. The Balaban J connectivity index is 1.78. The Morgan fingerprint density at radius 3 is 2.07 bits per heavy atom. The molecule has 0 bridgehead atoms. The van der Waals surface area contributed by atoms with Crippen molar-refractivity contribution < 1.29 is 0 Å². The molecule has 0 amide bonds. The first kappa shape index (κ1) is 17.7. The summed E-state index contributed by atoms with van der Waals surface area (Å²) in [5, 5.41) is 3.11. The number of hydrogen-bond donors (Lipinski definition) is 0. The summed E-state index contributed by atoms with van der Waals surface area (Å²) in [5.74, 6) is 0. The van der Waals surface area contributed by atoms with E-state index in [4.69, 9.17) is 0 Å². The highest BCUT2D eigenvalue weighted by Gasteiger charge is 2.21. The molecule has 2 aromatic heterocycles. The highest BCUT2D eigenvalue weighted by Crippen LogP contribution is 2.39. The highest BCUT2D eigenvalue weighted by atomic mass is 32.1. The minimum atomic E-state index is 0.845. The molecule has 0 spiro atoms. The Morgan fingerprint density at radius 2 is 1.41 bits per heavy atom. The van der Waals surface area contributed by atoms with Gasteiger partial charge in [0.05, 0.1) is 0 Å². The van der Waals surface area contributed by atoms with Crippen molar-refractivity contribution in [2.24, 2.45) is 0 Å². The summed E-state index contributed by atoms with van der Waals surface area (Å²) in [6, 6.07) is 31.8. The van der Waals surface area contributed by atoms with Gasteiger partial charge in [-0.3, -0.25) is 0 Å². The van der Waals surface area contributed by atoms with E-state index in [9.17, 15) is 0 Å². The van der Waals surface area contributed by atoms with Gasteiger partial charge in [0, 0.05) is 46.7 Å². The van der Waals surface area contributed by atoms with Crippen LogP contribution in [-0.4, -0.2) is 9.55 Å². The van der Waals surface area contributed by atoms with Crippen LogP contribution in [0, 0.1) is 0 Å². The minimum absolute atomic E-state index is 0.845. The SMILES string of the molecule is c1ccc(Cc2c(-c3nccs3)c(-c3ccccc3)cn2-c2ccccc2)cc1. The molecule has 3 aromatic carbocycles. The van der Waals surface area contributed by atoms with Gasteiger partial charge in [-0.25, -0.2) is 4.98 Å². The van der Waals surface area contributed by atoms with Crippen molar-refractivity contribution in [3.63, 3.8) is 0 Å². The normalized spacial score (nSPS) is 10.9. The molecule has 0 aliphatic carbocycles. The Labute approximate surface area is 174 Å². The van der Waals surface area contributed by atoms with Crippen LogP contribution in [0.2, 0.25) is 0 Å². The maximum atomic E-state index is 4.69. The smallest absolute Gasteiger partial charge is 0.125 e. The summed E-state index contributed by atoms with van der Waals surface area (Å²) in [5.41, 5.74) is 7.37. The zero-order valence-electron chi connectivity index (χ0n) is 15.9. The van der Waals surface area contributed by atoms with Crippen molar-refractivity contribution in [2.75, 3.05) is 0 Å². The van der Waals surface area contributed by atoms with Gasteiger partial charge in [-0.15, -0.1) is 11.3 Å². The molecule has 2 heterocycles. The van der Waals surface area contributed by atoms with Crippen LogP contribution in [0.3, 0.4) is 0 Å². The monoisotopic (exact) mass is 392 g/mol. The van der Waals surface area contributed by atoms with Gasteiger partial charge in [-0.2, -0.15) is 0 Å². The van der Waals surface area contributed by atoms with Crippen LogP contribution >= 0.6 is 11.3 Å². The first-order chi connectivity index (χ1) is 14.4. The number of benzene rings is 3. The molecule has 140 valence electrons. The van der Waals surface area contributed by atoms with Crippen molar-refractivity contribution in [1.82, 2.24) is 9.55 Å². The number of thiazole rings is 1. The van der Waals surface area contributed by atoms with Crippen molar-refractivity contribution in [2.45, 2.75) is 6.42 Å². The van der Waals surface area contributed by atoms with E-state index < -0.39 is 0 Å². The lowest BCUT2D eigenvalue weighted by Gasteiger charge is -2.11. The molecule has 5 rings (SSSR count). The fourth-order valence-electron chi connectivity index (χ4n) is 3.75. The second-order valence-electron chi connectivity index (χ2n) is 6.94. The molecule has 5 aromatic rings. The van der Waals surface area contributed by atoms with Gasteiger partial charge in [0.15, 0.2) is 0 Å². The average molecular weight is 393 g/mol. The summed E-state index contributed by atoms with van der Waals surface area (Å²) in [6.07, 6.45) is 5.00. The summed E-state index contributed by atoms with van der Waals surface area (Å²) >= 11 is 1.69. The molecule has 0 radical (unpaired) electrons. The van der Waals surface area contributed by atoms with Gasteiger partial charge in [-0.05, 0) is 23.3 Å². The minimum Gasteiger partial charge on any atom is -0.319 e. The molecule has 0 saturated carbocycles. The molecule has 0 unspecified atom stereocenters. The lowest BCUT2D eigenvalue weighted by molar-refractivity contribution is 0.960. The first-order valence-corrected chi connectivity index (χ1v) is 10.6. The van der Waals surface area contributed by atoms with Crippen molar-refractivity contribution in [3.8, 4) is 27.4 Å². The third kappa shape index (κ3) is 3.53. The van der Waals surface area contributed by atoms with E-state index in [1.165, 1.54) is 33.6 Å². The fourth-order valence-corrected chi connectivity index (χ4v) is 4.47. The molecule has 0 atom stereocenters. The van der Waals surface area contributed by atoms with E-state index in [1.54, 1.807) is 11.3 Å². The molecule has 0 fully saturated rings. The van der Waals surface area contributed by atoms with Crippen molar-refractivity contribution in [1.29, 1.82) is 0 Å². The maximum absolute atomic E-state index is 4.69. The highest BCUT2D eigenvalue weighted by molar-refractivity contribution is 7.13. The van der Waals surface area contributed by atoms with Crippen LogP contribution in [0.5, 0.6) is 0 Å². The van der Waals surface area contributed by atoms with E-state index in [-0.39, 0.29) is 0 Å². The van der Waals surface area contributed by atoms with Crippen molar-refractivity contribution in [3.05, 3.63) is 120 Å². The van der Waals surface area contributed by atoms with E-state index in [2.05, 4.69) is 112 Å². The van der Waals surface area contributed by atoms with Crippen LogP contribution in [0.4, 0.5) is 0 Å². The van der Waals surface area contributed by atoms with E-state index >= 15 is 0 Å². The van der Waals surface area contributed by atoms with Gasteiger partial charge in [0.2, 0.25) is 0 Å². The number of rotatable bonds is 5. The zero-order valence-corrected chi connectivity index (χ0v) is 16.7. The maximum Gasteiger partial charge on any atom is 0.125 e. The Morgan fingerprint density at radius 1 is 0.759 bits per heavy atom. The van der Waals surface area contributed by atoms with E-state index in [1.807, 2.05) is 6.20 Å². The molecule has 0 aliphatic heterocycles. The van der Waals surface area contributed by atoms with Crippen LogP contribution in [0.25, 0.3) is 27.4 Å². The Hall–Kier alpha value is -3.43. The van der Waals surface area contributed by atoms with Gasteiger partial charge < -0.3 is 4.57 Å². The largest absolute Gasteiger partial charge is 0.319 e. The Kier molecular flexibility index (Phi) is 4.81. The second kappa shape index (κ2) is 7.90. The third-order valence-electron chi connectivity index (χ3n) is 5.09. The second-order valence-corrected chi connectivity index (χ2v) is 7.83. The zero-order chi connectivity index (χ0) is 19.5. The molecule has 0 N–H and O–H groups in total. The lowest BCUT2D eigenvalue weighted by atomic mass is 10.0. The topological polar surface area (TPSA) is 17.8 Å². The lowest BCUT2D eigenvalue weighted by Crippen LogP contribution is -2.01. The molecular weight excluding hydrogens is 372 g/mol. The van der Waals surface area contributed by atoms with Crippen LogP contribution in [-0.2, 0) is 6.42 Å². The molecular formula is C26H20N2S. The van der Waals surface area contributed by atoms with Gasteiger partial charge >= 0.3 is 0 Å². The van der Waals surface area contributed by atoms with Gasteiger partial charge in [-0.1, -0.05) is 78.9 Å². The predicted octanol–water partition coefficient (Wildman–Crippen LogP) is 6.86. The standard InChI is InChI=1S/C26H20N2S/c1-4-10-20(11-5-1)18-24-25(26-27-16-17-29-26)23(21-12-6-2-7-13-21)19-28(24)22-14-8-3-9-15-22/h1-17,19H,18H2. The molecule has 0 saturated heterocycles. The summed E-state index contributed by atoms with van der Waals surface area (Å²) in [6.45, 7) is 0. The van der Waals surface area contributed by atoms with Gasteiger partial charge in [0.1, 0.15) is 5.01 Å². The van der Waals surface area contributed by atoms with Crippen LogP contribution < -0.4 is 0 Å². The fraction of sp³-hybridized carbons (Fsp3) is 0.0385. The average Bonchev–Trinajstić information content (AvgIpc) is 3.44. The van der Waals surface area contributed by atoms with E-state index in [0.717, 1.165) is 11.4 Å². The van der Waals surface area contributed by atoms with Crippen LogP contribution in [0.1, 0.15) is 11.3 Å². The van der Waals surface area contributed by atoms with Crippen LogP contribution in [0.15, 0.2) is 109 Å². The predicted molar refractivity (Wildman–Crippen MR) is 122 cm³/mol. The summed E-state index contributed by atoms with van der Waals surface area (Å²) in [7, 11) is 0. The quantitative estimate of drug-likeness (QED) is 0.319. The third-order valence-corrected chi connectivity index (χ3v) is 5.88. The Bertz CT molecular complexity index is 1190. The molecule has 29 heavy (non-hydrogen) atoms. The summed E-state index contributed by atoms with van der Waals surface area (Å²) < 4.78 is 2.33. The number of para-hydroxylation sites is 1. The van der Waals surface area contributed by atoms with Gasteiger partial charge in [0.25, 0.3) is 0 Å². The molecule has 0 aliphatic rings. The molecule has 3 heteroatoms. The molecule has 2 nitrogen and oxygen atoms in total. The summed E-state index contributed by atoms with van der Waals surface area (Å²) in [4.78, 5) is 4.69.